The third-order valence-electron chi connectivity index (χ3n) is 4.08. The van der Waals surface area contributed by atoms with Crippen molar-refractivity contribution in [1.29, 1.82) is 0 Å². The van der Waals surface area contributed by atoms with Crippen LogP contribution in [0.15, 0.2) is 29.6 Å². The molecular weight excluding hydrogens is 375 g/mol. The summed E-state index contributed by atoms with van der Waals surface area (Å²) in [5, 5.41) is 2.43. The predicted molar refractivity (Wildman–Crippen MR) is 102 cm³/mol. The van der Waals surface area contributed by atoms with E-state index in [-0.39, 0.29) is 29.7 Å². The Morgan fingerprint density at radius 3 is 2.69 bits per heavy atom. The Hall–Kier alpha value is -1.80. The van der Waals surface area contributed by atoms with Gasteiger partial charge < -0.3 is 4.90 Å². The van der Waals surface area contributed by atoms with Crippen molar-refractivity contribution in [1.82, 2.24) is 9.88 Å². The van der Waals surface area contributed by atoms with Crippen molar-refractivity contribution in [3.63, 3.8) is 0 Å². The molecule has 26 heavy (non-hydrogen) atoms. The molecule has 0 aliphatic rings. The molecular formula is C18H23FN2O3S2. The van der Waals surface area contributed by atoms with E-state index in [9.17, 15) is 17.6 Å². The van der Waals surface area contributed by atoms with E-state index in [0.29, 0.717) is 22.8 Å². The first-order chi connectivity index (χ1) is 12.3. The van der Waals surface area contributed by atoms with Gasteiger partial charge in [-0.2, -0.15) is 0 Å². The summed E-state index contributed by atoms with van der Waals surface area (Å²) in [5.41, 5.74) is 1.27. The van der Waals surface area contributed by atoms with Gasteiger partial charge in [0.1, 0.15) is 10.8 Å². The maximum atomic E-state index is 13.3. The molecule has 1 heterocycles. The van der Waals surface area contributed by atoms with Gasteiger partial charge in [-0.05, 0) is 26.0 Å². The molecule has 0 radical (unpaired) electrons. The molecule has 0 bridgehead atoms. The fraction of sp³-hybridized carbons (Fsp3) is 0.444. The van der Waals surface area contributed by atoms with Gasteiger partial charge in [-0.25, -0.2) is 17.8 Å². The Balaban J connectivity index is 2.08. The molecule has 1 amide bonds. The minimum Gasteiger partial charge on any atom is -0.339 e. The second-order valence-electron chi connectivity index (χ2n) is 6.06. The Kier molecular flexibility index (Phi) is 6.88. The SMILES string of the molecule is CCN(C(=O)Cc1csc(-c2cccc(F)c2)n1)C(C)CS(=O)(=O)CC. The van der Waals surface area contributed by atoms with E-state index >= 15 is 0 Å². The second-order valence-corrected chi connectivity index (χ2v) is 9.31. The highest BCUT2D eigenvalue weighted by molar-refractivity contribution is 7.91. The van der Waals surface area contributed by atoms with Gasteiger partial charge in [0, 0.05) is 29.3 Å². The quantitative estimate of drug-likeness (QED) is 0.685. The molecule has 0 aliphatic heterocycles. The summed E-state index contributed by atoms with van der Waals surface area (Å²) in [5.74, 6) is -0.484. The molecule has 1 unspecified atom stereocenters. The molecule has 1 atom stereocenters. The molecule has 0 fully saturated rings. The van der Waals surface area contributed by atoms with Crippen LogP contribution < -0.4 is 0 Å². The Bertz CT molecular complexity index is 865. The smallest absolute Gasteiger partial charge is 0.228 e. The number of carbonyl (C=O) groups is 1. The van der Waals surface area contributed by atoms with Gasteiger partial charge in [0.2, 0.25) is 5.91 Å². The highest BCUT2D eigenvalue weighted by atomic mass is 32.2. The molecule has 1 aromatic carbocycles. The summed E-state index contributed by atoms with van der Waals surface area (Å²) in [7, 11) is -3.16. The van der Waals surface area contributed by atoms with Gasteiger partial charge in [0.05, 0.1) is 17.9 Å². The zero-order valence-corrected chi connectivity index (χ0v) is 16.7. The van der Waals surface area contributed by atoms with Gasteiger partial charge in [-0.15, -0.1) is 11.3 Å². The summed E-state index contributed by atoms with van der Waals surface area (Å²) in [6.45, 7) is 5.60. The molecule has 0 saturated carbocycles. The van der Waals surface area contributed by atoms with E-state index < -0.39 is 15.9 Å². The van der Waals surface area contributed by atoms with Crippen molar-refractivity contribution < 1.29 is 17.6 Å². The third kappa shape index (κ3) is 5.35. The molecule has 5 nitrogen and oxygen atoms in total. The van der Waals surface area contributed by atoms with E-state index in [1.807, 2.05) is 6.92 Å². The minimum atomic E-state index is -3.16. The summed E-state index contributed by atoms with van der Waals surface area (Å²) in [6, 6.07) is 5.76. The first kappa shape index (κ1) is 20.5. The number of nitrogens with zero attached hydrogens (tertiary/aromatic N) is 2. The number of likely N-dealkylation sites (N-methyl/N-ethyl adjacent to an activating group) is 1. The summed E-state index contributed by atoms with van der Waals surface area (Å²) in [4.78, 5) is 18.6. The summed E-state index contributed by atoms with van der Waals surface area (Å²) in [6.07, 6.45) is 0.0934. The lowest BCUT2D eigenvalue weighted by Crippen LogP contribution is -2.43. The summed E-state index contributed by atoms with van der Waals surface area (Å²) < 4.78 is 37.0. The largest absolute Gasteiger partial charge is 0.339 e. The fourth-order valence-electron chi connectivity index (χ4n) is 2.71. The molecule has 142 valence electrons. The lowest BCUT2D eigenvalue weighted by Gasteiger charge is -2.27. The van der Waals surface area contributed by atoms with Crippen LogP contribution in [0.25, 0.3) is 10.6 Å². The molecule has 0 aliphatic carbocycles. The van der Waals surface area contributed by atoms with Gasteiger partial charge in [-0.1, -0.05) is 19.1 Å². The first-order valence-corrected chi connectivity index (χ1v) is 11.2. The van der Waals surface area contributed by atoms with Gasteiger partial charge in [0.25, 0.3) is 0 Å². The average molecular weight is 399 g/mol. The normalized spacial score (nSPS) is 12.8. The zero-order valence-electron chi connectivity index (χ0n) is 15.1. The number of rotatable bonds is 8. The number of sulfone groups is 1. The molecule has 0 spiro atoms. The van der Waals surface area contributed by atoms with Gasteiger partial charge in [-0.3, -0.25) is 4.79 Å². The number of halogens is 1. The Morgan fingerprint density at radius 2 is 2.08 bits per heavy atom. The number of hydrogen-bond donors (Lipinski definition) is 0. The van der Waals surface area contributed by atoms with Crippen LogP contribution in [-0.4, -0.2) is 48.3 Å². The van der Waals surface area contributed by atoms with Crippen molar-refractivity contribution in [2.24, 2.45) is 0 Å². The van der Waals surface area contributed by atoms with E-state index in [4.69, 9.17) is 0 Å². The lowest BCUT2D eigenvalue weighted by atomic mass is 10.2. The van der Waals surface area contributed by atoms with Crippen LogP contribution in [0.5, 0.6) is 0 Å². The van der Waals surface area contributed by atoms with Crippen molar-refractivity contribution in [3.05, 3.63) is 41.2 Å². The van der Waals surface area contributed by atoms with Crippen LogP contribution in [0.3, 0.4) is 0 Å². The predicted octanol–water partition coefficient (Wildman–Crippen LogP) is 3.16. The number of thiazole rings is 1. The number of aromatic nitrogens is 1. The van der Waals surface area contributed by atoms with Crippen molar-refractivity contribution in [2.75, 3.05) is 18.1 Å². The highest BCUT2D eigenvalue weighted by Gasteiger charge is 2.24. The molecule has 0 N–H and O–H groups in total. The monoisotopic (exact) mass is 398 g/mol. The Morgan fingerprint density at radius 1 is 1.35 bits per heavy atom. The van der Waals surface area contributed by atoms with E-state index in [1.165, 1.54) is 23.5 Å². The third-order valence-corrected chi connectivity index (χ3v) is 6.89. The Labute approximate surface area is 157 Å². The van der Waals surface area contributed by atoms with Crippen LogP contribution in [-0.2, 0) is 21.1 Å². The minimum absolute atomic E-state index is 0.0469. The molecule has 2 aromatic rings. The second kappa shape index (κ2) is 8.73. The van der Waals surface area contributed by atoms with Gasteiger partial charge >= 0.3 is 0 Å². The van der Waals surface area contributed by atoms with Crippen LogP contribution in [0.1, 0.15) is 26.5 Å². The first-order valence-electron chi connectivity index (χ1n) is 8.46. The van der Waals surface area contributed by atoms with Crippen molar-refractivity contribution in [2.45, 2.75) is 33.2 Å². The maximum Gasteiger partial charge on any atom is 0.228 e. The fourth-order valence-corrected chi connectivity index (χ4v) is 4.68. The van der Waals surface area contributed by atoms with Crippen molar-refractivity contribution >= 4 is 27.1 Å². The number of hydrogen-bond acceptors (Lipinski definition) is 5. The van der Waals surface area contributed by atoms with Crippen molar-refractivity contribution in [3.8, 4) is 10.6 Å². The zero-order chi connectivity index (χ0) is 19.3. The number of carbonyl (C=O) groups excluding carboxylic acids is 1. The lowest BCUT2D eigenvalue weighted by molar-refractivity contribution is -0.131. The van der Waals surface area contributed by atoms with E-state index in [0.717, 1.165) is 0 Å². The number of benzene rings is 1. The standard InChI is InChI=1S/C18H23FN2O3S2/c1-4-21(13(3)12-26(23,24)5-2)17(22)10-16-11-25-18(20-16)14-7-6-8-15(19)9-14/h6-9,11,13H,4-5,10,12H2,1-3H3. The highest BCUT2D eigenvalue weighted by Crippen LogP contribution is 2.24. The van der Waals surface area contributed by atoms with Crippen LogP contribution in [0, 0.1) is 5.82 Å². The number of amides is 1. The molecule has 0 saturated heterocycles. The van der Waals surface area contributed by atoms with Crippen LogP contribution in [0.2, 0.25) is 0 Å². The molecule has 1 aromatic heterocycles. The topological polar surface area (TPSA) is 67.3 Å². The van der Waals surface area contributed by atoms with Crippen LogP contribution in [0.4, 0.5) is 4.39 Å². The van der Waals surface area contributed by atoms with E-state index in [1.54, 1.807) is 36.3 Å². The van der Waals surface area contributed by atoms with Gasteiger partial charge in [0.15, 0.2) is 9.84 Å². The van der Waals surface area contributed by atoms with Crippen LogP contribution >= 0.6 is 11.3 Å². The molecule has 8 heteroatoms. The summed E-state index contributed by atoms with van der Waals surface area (Å²) >= 11 is 1.35. The van der Waals surface area contributed by atoms with E-state index in [2.05, 4.69) is 4.98 Å². The average Bonchev–Trinajstić information content (AvgIpc) is 3.03. The molecule has 2 rings (SSSR count). The maximum absolute atomic E-state index is 13.3.